The third-order valence-electron chi connectivity index (χ3n) is 1.45. The van der Waals surface area contributed by atoms with Gasteiger partial charge in [0.15, 0.2) is 5.50 Å². The standard InChI is InChI=1S/C6H8N2OS3/c1-3(9)8-5(11)2-4(10)7-6(8)12/h6,12H,2H2,1H3,(H,7,10). The zero-order valence-corrected chi connectivity index (χ0v) is 8.93. The number of carbonyl (C=O) groups is 1. The summed E-state index contributed by atoms with van der Waals surface area (Å²) in [5.74, 6) is -0.116. The predicted molar refractivity (Wildman–Crippen MR) is 58.2 cm³/mol. The largest absolute Gasteiger partial charge is 0.351 e. The van der Waals surface area contributed by atoms with E-state index in [2.05, 4.69) is 17.9 Å². The molecule has 66 valence electrons. The number of carbonyl (C=O) groups excluding carboxylic acids is 1. The molecule has 1 saturated heterocycles. The van der Waals surface area contributed by atoms with Crippen LogP contribution in [0.1, 0.15) is 13.3 Å². The number of hydrogen-bond acceptors (Lipinski definition) is 4. The summed E-state index contributed by atoms with van der Waals surface area (Å²) in [5.41, 5.74) is -0.406. The van der Waals surface area contributed by atoms with E-state index in [1.54, 1.807) is 0 Å². The molecule has 0 aromatic carbocycles. The van der Waals surface area contributed by atoms with Crippen LogP contribution in [0.25, 0.3) is 0 Å². The van der Waals surface area contributed by atoms with Crippen molar-refractivity contribution in [2.75, 3.05) is 0 Å². The van der Waals surface area contributed by atoms with Gasteiger partial charge < -0.3 is 5.32 Å². The number of rotatable bonds is 0. The van der Waals surface area contributed by atoms with E-state index >= 15 is 0 Å². The summed E-state index contributed by atoms with van der Waals surface area (Å²) in [5, 5.41) is 2.85. The number of thiol groups is 1. The maximum absolute atomic E-state index is 11.0. The first kappa shape index (κ1) is 9.88. The summed E-state index contributed by atoms with van der Waals surface area (Å²) in [6.45, 7) is 1.45. The van der Waals surface area contributed by atoms with Crippen molar-refractivity contribution in [2.45, 2.75) is 18.8 Å². The number of hydrogen-bond donors (Lipinski definition) is 2. The molecule has 3 nitrogen and oxygen atoms in total. The lowest BCUT2D eigenvalue weighted by molar-refractivity contribution is -0.125. The van der Waals surface area contributed by atoms with Crippen molar-refractivity contribution in [3.05, 3.63) is 0 Å². The SMILES string of the molecule is CC(=O)N1C(=S)CC(=S)NC1S. The Bertz CT molecular complexity index is 253. The molecule has 0 aliphatic carbocycles. The fraction of sp³-hybridized carbons (Fsp3) is 0.500. The molecule has 6 heteroatoms. The molecular weight excluding hydrogens is 212 g/mol. The molecule has 1 N–H and O–H groups in total. The zero-order chi connectivity index (χ0) is 9.30. The second-order valence-electron chi connectivity index (χ2n) is 2.40. The van der Waals surface area contributed by atoms with Gasteiger partial charge in [0.2, 0.25) is 5.91 Å². The molecule has 0 aromatic rings. The van der Waals surface area contributed by atoms with Gasteiger partial charge >= 0.3 is 0 Å². The van der Waals surface area contributed by atoms with Crippen molar-refractivity contribution in [1.82, 2.24) is 10.2 Å². The van der Waals surface area contributed by atoms with Crippen molar-refractivity contribution in [1.29, 1.82) is 0 Å². The summed E-state index contributed by atoms with van der Waals surface area (Å²) in [7, 11) is 0. The van der Waals surface area contributed by atoms with Crippen LogP contribution in [0.2, 0.25) is 0 Å². The minimum absolute atomic E-state index is 0.116. The highest BCUT2D eigenvalue weighted by Crippen LogP contribution is 2.12. The highest BCUT2D eigenvalue weighted by Gasteiger charge is 2.27. The molecule has 0 bridgehead atoms. The monoisotopic (exact) mass is 220 g/mol. The Morgan fingerprint density at radius 1 is 1.75 bits per heavy atom. The quantitative estimate of drug-likeness (QED) is 0.465. The second kappa shape index (κ2) is 3.68. The molecule has 1 rings (SSSR count). The van der Waals surface area contributed by atoms with Crippen molar-refractivity contribution < 1.29 is 4.79 Å². The van der Waals surface area contributed by atoms with Crippen LogP contribution >= 0.6 is 37.1 Å². The average molecular weight is 220 g/mol. The van der Waals surface area contributed by atoms with Crippen LogP contribution in [-0.2, 0) is 4.79 Å². The lowest BCUT2D eigenvalue weighted by atomic mass is 10.3. The van der Waals surface area contributed by atoms with E-state index < -0.39 is 5.50 Å². The molecule has 12 heavy (non-hydrogen) atoms. The van der Waals surface area contributed by atoms with E-state index in [0.717, 1.165) is 0 Å². The Morgan fingerprint density at radius 2 is 2.33 bits per heavy atom. The van der Waals surface area contributed by atoms with Gasteiger partial charge in [0.1, 0.15) is 0 Å². The van der Waals surface area contributed by atoms with Crippen LogP contribution in [0.4, 0.5) is 0 Å². The smallest absolute Gasteiger partial charge is 0.226 e. The van der Waals surface area contributed by atoms with E-state index in [9.17, 15) is 4.79 Å². The summed E-state index contributed by atoms with van der Waals surface area (Å²) in [6.07, 6.45) is 0.460. The van der Waals surface area contributed by atoms with E-state index in [0.29, 0.717) is 16.4 Å². The Morgan fingerprint density at radius 3 is 2.75 bits per heavy atom. The fourth-order valence-corrected chi connectivity index (χ4v) is 2.31. The molecule has 1 atom stereocenters. The zero-order valence-electron chi connectivity index (χ0n) is 6.40. The predicted octanol–water partition coefficient (Wildman–Crippen LogP) is 0.696. The van der Waals surface area contributed by atoms with Gasteiger partial charge in [-0.15, -0.1) is 12.6 Å². The molecule has 0 aromatic heterocycles. The molecule has 1 aliphatic rings. The molecule has 0 saturated carbocycles. The van der Waals surface area contributed by atoms with Crippen LogP contribution < -0.4 is 5.32 Å². The topological polar surface area (TPSA) is 32.3 Å². The van der Waals surface area contributed by atoms with E-state index in [-0.39, 0.29) is 5.91 Å². The van der Waals surface area contributed by atoms with Gasteiger partial charge in [-0.25, -0.2) is 0 Å². The van der Waals surface area contributed by atoms with Crippen molar-refractivity contribution in [2.24, 2.45) is 0 Å². The first-order chi connectivity index (χ1) is 5.52. The van der Waals surface area contributed by atoms with Crippen LogP contribution in [0.5, 0.6) is 0 Å². The van der Waals surface area contributed by atoms with Crippen molar-refractivity contribution in [3.8, 4) is 0 Å². The molecule has 1 aliphatic heterocycles. The molecular formula is C6H8N2OS3. The molecule has 0 radical (unpaired) electrons. The van der Waals surface area contributed by atoms with Gasteiger partial charge in [0, 0.05) is 13.3 Å². The second-order valence-corrected chi connectivity index (χ2v) is 3.85. The van der Waals surface area contributed by atoms with Gasteiger partial charge in [-0.05, 0) is 0 Å². The third-order valence-corrected chi connectivity index (χ3v) is 2.42. The normalized spacial score (nSPS) is 23.8. The van der Waals surface area contributed by atoms with Crippen LogP contribution in [0, 0.1) is 0 Å². The number of amides is 1. The van der Waals surface area contributed by atoms with Gasteiger partial charge in [0.25, 0.3) is 0 Å². The number of thiocarbonyl (C=S) groups is 2. The van der Waals surface area contributed by atoms with Crippen LogP contribution in [0.3, 0.4) is 0 Å². The molecule has 1 heterocycles. The maximum atomic E-state index is 11.0. The highest BCUT2D eigenvalue weighted by atomic mass is 32.1. The van der Waals surface area contributed by atoms with E-state index in [1.807, 2.05) is 0 Å². The van der Waals surface area contributed by atoms with Gasteiger partial charge in [-0.3, -0.25) is 9.69 Å². The number of nitrogens with zero attached hydrogens (tertiary/aromatic N) is 1. The van der Waals surface area contributed by atoms with Gasteiger partial charge in [0.05, 0.1) is 9.98 Å². The first-order valence-electron chi connectivity index (χ1n) is 3.32. The average Bonchev–Trinajstić information content (AvgIpc) is 1.82. The van der Waals surface area contributed by atoms with E-state index in [4.69, 9.17) is 24.4 Å². The highest BCUT2D eigenvalue weighted by molar-refractivity contribution is 7.83. The Kier molecular flexibility index (Phi) is 3.03. The summed E-state index contributed by atoms with van der Waals surface area (Å²) < 4.78 is 0. The molecule has 0 spiro atoms. The first-order valence-corrected chi connectivity index (χ1v) is 4.65. The Hall–Kier alpha value is -0.200. The summed E-state index contributed by atoms with van der Waals surface area (Å²) >= 11 is 14.0. The van der Waals surface area contributed by atoms with Crippen molar-refractivity contribution in [3.63, 3.8) is 0 Å². The Labute approximate surface area is 86.9 Å². The fourth-order valence-electron chi connectivity index (χ4n) is 0.966. The van der Waals surface area contributed by atoms with E-state index in [1.165, 1.54) is 11.8 Å². The van der Waals surface area contributed by atoms with Crippen LogP contribution in [0.15, 0.2) is 0 Å². The number of nitrogens with one attached hydrogen (secondary N) is 1. The van der Waals surface area contributed by atoms with Crippen LogP contribution in [-0.4, -0.2) is 26.3 Å². The summed E-state index contributed by atoms with van der Waals surface area (Å²) in [4.78, 5) is 13.6. The maximum Gasteiger partial charge on any atom is 0.226 e. The third kappa shape index (κ3) is 1.94. The minimum Gasteiger partial charge on any atom is -0.351 e. The minimum atomic E-state index is -0.406. The van der Waals surface area contributed by atoms with Gasteiger partial charge in [-0.2, -0.15) is 0 Å². The molecule has 1 fully saturated rings. The molecule has 1 unspecified atom stereocenters. The van der Waals surface area contributed by atoms with Crippen molar-refractivity contribution >= 4 is 52.9 Å². The lowest BCUT2D eigenvalue weighted by Gasteiger charge is -2.33. The Balaban J connectivity index is 2.80. The van der Waals surface area contributed by atoms with Gasteiger partial charge in [-0.1, -0.05) is 24.4 Å². The lowest BCUT2D eigenvalue weighted by Crippen LogP contribution is -2.54. The summed E-state index contributed by atoms with van der Waals surface area (Å²) in [6, 6.07) is 0. The molecule has 1 amide bonds.